The van der Waals surface area contributed by atoms with Crippen LogP contribution < -0.4 is 0 Å². The molecule has 0 aliphatic heterocycles. The molecule has 0 heterocycles. The molecule has 4 rings (SSSR count). The highest BCUT2D eigenvalue weighted by Gasteiger charge is 2.55. The van der Waals surface area contributed by atoms with Gasteiger partial charge in [-0.2, -0.15) is 0 Å². The van der Waals surface area contributed by atoms with Crippen molar-refractivity contribution in [1.29, 1.82) is 0 Å². The molecule has 0 saturated heterocycles. The maximum absolute atomic E-state index is 2.72. The van der Waals surface area contributed by atoms with Crippen LogP contribution in [0.25, 0.3) is 0 Å². The molecule has 2 aromatic carbocycles. The van der Waals surface area contributed by atoms with Crippen LogP contribution >= 0.6 is 0 Å². The minimum atomic E-state index is 0.0187. The van der Waals surface area contributed by atoms with E-state index in [1.165, 1.54) is 73.6 Å². The van der Waals surface area contributed by atoms with Crippen LogP contribution in [0.3, 0.4) is 0 Å². The summed E-state index contributed by atoms with van der Waals surface area (Å²) in [4.78, 5) is 0. The van der Waals surface area contributed by atoms with Crippen molar-refractivity contribution in [2.75, 3.05) is 0 Å². The van der Waals surface area contributed by atoms with Gasteiger partial charge in [-0.25, -0.2) is 0 Å². The average Bonchev–Trinajstić information content (AvgIpc) is 2.80. The maximum atomic E-state index is 2.72. The van der Waals surface area contributed by atoms with E-state index < -0.39 is 0 Å². The molecule has 174 valence electrons. The molecule has 0 radical (unpaired) electrons. The van der Waals surface area contributed by atoms with Crippen molar-refractivity contribution >= 4 is 0 Å². The van der Waals surface area contributed by atoms with Gasteiger partial charge in [0.05, 0.1) is 0 Å². The van der Waals surface area contributed by atoms with E-state index in [0.717, 1.165) is 23.7 Å². The van der Waals surface area contributed by atoms with Gasteiger partial charge in [0.2, 0.25) is 0 Å². The highest BCUT2D eigenvalue weighted by atomic mass is 14.6. The molecule has 2 aromatic rings. The Balaban J connectivity index is 1.89. The Morgan fingerprint density at radius 1 is 0.531 bits per heavy atom. The van der Waals surface area contributed by atoms with Gasteiger partial charge < -0.3 is 0 Å². The van der Waals surface area contributed by atoms with E-state index in [2.05, 4.69) is 90.1 Å². The predicted octanol–water partition coefficient (Wildman–Crippen LogP) is 9.27. The largest absolute Gasteiger partial charge is 0.0625 e. The summed E-state index contributed by atoms with van der Waals surface area (Å²) in [5.74, 6) is 3.38. The van der Waals surface area contributed by atoms with E-state index in [0.29, 0.717) is 0 Å². The van der Waals surface area contributed by atoms with Crippen molar-refractivity contribution < 1.29 is 0 Å². The lowest BCUT2D eigenvalue weighted by molar-refractivity contribution is -0.0258. The van der Waals surface area contributed by atoms with Gasteiger partial charge in [-0.05, 0) is 79.7 Å². The highest BCUT2D eigenvalue weighted by Crippen LogP contribution is 2.61. The molecule has 0 nitrogen and oxygen atoms in total. The molecule has 32 heavy (non-hydrogen) atoms. The Morgan fingerprint density at radius 2 is 0.844 bits per heavy atom. The van der Waals surface area contributed by atoms with Crippen molar-refractivity contribution in [3.05, 3.63) is 70.8 Å². The lowest BCUT2D eigenvalue weighted by atomic mass is 9.45. The summed E-state index contributed by atoms with van der Waals surface area (Å²) in [6, 6.07) is 19.2. The molecule has 2 saturated carbocycles. The van der Waals surface area contributed by atoms with E-state index in [9.17, 15) is 0 Å². The quantitative estimate of drug-likeness (QED) is 0.443. The van der Waals surface area contributed by atoms with Gasteiger partial charge in [-0.15, -0.1) is 0 Å². The van der Waals surface area contributed by atoms with Crippen LogP contribution in [-0.4, -0.2) is 0 Å². The number of hydrogen-bond acceptors (Lipinski definition) is 0. The van der Waals surface area contributed by atoms with Gasteiger partial charge in [0.25, 0.3) is 0 Å². The van der Waals surface area contributed by atoms with Gasteiger partial charge in [-0.3, -0.25) is 0 Å². The van der Waals surface area contributed by atoms with Crippen molar-refractivity contribution in [2.24, 2.45) is 29.1 Å². The third-order valence-corrected chi connectivity index (χ3v) is 10.1. The van der Waals surface area contributed by atoms with Crippen LogP contribution in [0.2, 0.25) is 0 Å². The number of benzene rings is 2. The smallest absolute Gasteiger partial charge is 0.0233 e. The summed E-state index contributed by atoms with van der Waals surface area (Å²) >= 11 is 0. The predicted molar refractivity (Wildman–Crippen MR) is 139 cm³/mol. The Hall–Kier alpha value is -1.56. The summed E-state index contributed by atoms with van der Waals surface area (Å²) in [6.07, 6.45) is 11.2. The molecular weight excluding hydrogens is 384 g/mol. The molecule has 0 aromatic heterocycles. The summed E-state index contributed by atoms with van der Waals surface area (Å²) < 4.78 is 0. The third-order valence-electron chi connectivity index (χ3n) is 10.1. The van der Waals surface area contributed by atoms with Crippen molar-refractivity contribution in [3.8, 4) is 0 Å². The van der Waals surface area contributed by atoms with Gasteiger partial charge in [0.1, 0.15) is 0 Å². The van der Waals surface area contributed by atoms with Crippen LogP contribution in [0, 0.1) is 42.9 Å². The van der Waals surface area contributed by atoms with Gasteiger partial charge in [-0.1, -0.05) is 113 Å². The second-order valence-corrected chi connectivity index (χ2v) is 12.1. The fraction of sp³-hybridized carbons (Fsp3) is 0.625. The van der Waals surface area contributed by atoms with E-state index in [-0.39, 0.29) is 10.8 Å². The Morgan fingerprint density at radius 3 is 1.16 bits per heavy atom. The molecule has 0 unspecified atom stereocenters. The fourth-order valence-corrected chi connectivity index (χ4v) is 7.43. The Bertz CT molecular complexity index is 788. The molecule has 2 fully saturated rings. The van der Waals surface area contributed by atoms with Crippen LogP contribution in [0.15, 0.2) is 48.5 Å². The van der Waals surface area contributed by atoms with E-state index in [1.807, 2.05) is 0 Å². The van der Waals surface area contributed by atoms with Crippen molar-refractivity contribution in [3.63, 3.8) is 0 Å². The monoisotopic (exact) mass is 430 g/mol. The average molecular weight is 431 g/mol. The lowest BCUT2D eigenvalue weighted by Gasteiger charge is -2.58. The lowest BCUT2D eigenvalue weighted by Crippen LogP contribution is -2.53. The Labute approximate surface area is 198 Å². The fourth-order valence-electron chi connectivity index (χ4n) is 7.43. The molecule has 2 aliphatic carbocycles. The summed E-state index contributed by atoms with van der Waals surface area (Å²) in [5.41, 5.74) is 6.04. The molecule has 2 aliphatic rings. The number of aryl methyl sites for hydroxylation is 2. The summed E-state index contributed by atoms with van der Waals surface area (Å²) in [5, 5.41) is 0. The van der Waals surface area contributed by atoms with E-state index in [1.54, 1.807) is 0 Å². The van der Waals surface area contributed by atoms with Crippen LogP contribution in [0.5, 0.6) is 0 Å². The topological polar surface area (TPSA) is 0 Å². The number of rotatable bonds is 5. The molecule has 0 spiro atoms. The van der Waals surface area contributed by atoms with Gasteiger partial charge in [0.15, 0.2) is 0 Å². The first-order valence-electron chi connectivity index (χ1n) is 13.4. The second kappa shape index (κ2) is 9.36. The molecule has 0 bridgehead atoms. The first kappa shape index (κ1) is 23.6. The molecule has 0 N–H and O–H groups in total. The maximum Gasteiger partial charge on any atom is 0.0233 e. The minimum absolute atomic E-state index is 0.0187. The summed E-state index contributed by atoms with van der Waals surface area (Å²) in [7, 11) is 0. The summed E-state index contributed by atoms with van der Waals surface area (Å²) in [6.45, 7) is 14.7. The molecule has 0 atom stereocenters. The zero-order chi connectivity index (χ0) is 22.9. The van der Waals surface area contributed by atoms with Crippen LogP contribution in [-0.2, 0) is 5.41 Å². The second-order valence-electron chi connectivity index (χ2n) is 12.1. The first-order valence-corrected chi connectivity index (χ1v) is 13.4. The normalized spacial score (nSPS) is 28.8. The van der Waals surface area contributed by atoms with Crippen molar-refractivity contribution in [1.82, 2.24) is 0 Å². The minimum Gasteiger partial charge on any atom is -0.0625 e. The first-order chi connectivity index (χ1) is 15.2. The van der Waals surface area contributed by atoms with E-state index >= 15 is 0 Å². The highest BCUT2D eigenvalue weighted by molar-refractivity contribution is 5.44. The Kier molecular flexibility index (Phi) is 6.90. The molecular formula is C32H46. The molecule has 0 heteroatoms. The van der Waals surface area contributed by atoms with Crippen LogP contribution in [0.1, 0.15) is 101 Å². The third kappa shape index (κ3) is 4.20. The zero-order valence-corrected chi connectivity index (χ0v) is 21.6. The van der Waals surface area contributed by atoms with Gasteiger partial charge >= 0.3 is 0 Å². The zero-order valence-electron chi connectivity index (χ0n) is 21.6. The van der Waals surface area contributed by atoms with Crippen LogP contribution in [0.4, 0.5) is 0 Å². The SMILES string of the molecule is Cc1ccc(C(C)(c2ccc(C)cc2)C(C)(C2CCC(C)CC2)C2CCC(C)CC2)cc1. The van der Waals surface area contributed by atoms with E-state index in [4.69, 9.17) is 0 Å². The van der Waals surface area contributed by atoms with Crippen molar-refractivity contribution in [2.45, 2.75) is 98.3 Å². The van der Waals surface area contributed by atoms with Gasteiger partial charge in [0, 0.05) is 5.41 Å². The standard InChI is InChI=1S/C32H46/c1-23-7-15-27(16-8-23)31(5,28-17-9-24(2)10-18-28)32(6,29-19-11-25(3)12-20-29)30-21-13-26(4)14-22-30/h7-10,15-18,25-26,29-30H,11-14,19-22H2,1-6H3. The number of hydrogen-bond donors (Lipinski definition) is 0. The molecule has 0 amide bonds.